The maximum atomic E-state index is 6.90. The van der Waals surface area contributed by atoms with Crippen LogP contribution in [-0.4, -0.2) is 0 Å². The normalized spacial score (nSPS) is 11.6. The molecule has 1 heterocycles. The van der Waals surface area contributed by atoms with Gasteiger partial charge in [0.05, 0.1) is 11.4 Å². The summed E-state index contributed by atoms with van der Waals surface area (Å²) in [6.07, 6.45) is 0. The standard InChI is InChI=1S/C54H35NO/c1-3-12-36(13-4-1)41-27-31-49-50-20-11-21-52(54(50)56-53(49)35-41)55(51-33-32-45(38-14-5-2-6-15-38)47-18-9-10-19-48(47)51)43-28-24-37(25-29-43)40-26-30-46-42(34-40)23-22-39-16-7-8-17-44(39)46/h1-35H. The molecule has 0 aliphatic heterocycles. The van der Waals surface area contributed by atoms with Gasteiger partial charge in [0.15, 0.2) is 5.58 Å². The number of hydrogen-bond acceptors (Lipinski definition) is 2. The van der Waals surface area contributed by atoms with Crippen LogP contribution in [0.2, 0.25) is 0 Å². The summed E-state index contributed by atoms with van der Waals surface area (Å²) in [5, 5.41) is 9.61. The van der Waals surface area contributed by atoms with E-state index in [4.69, 9.17) is 4.42 Å². The highest BCUT2D eigenvalue weighted by Gasteiger charge is 2.22. The maximum absolute atomic E-state index is 6.90. The van der Waals surface area contributed by atoms with E-state index >= 15 is 0 Å². The second-order valence-electron chi connectivity index (χ2n) is 14.5. The predicted molar refractivity (Wildman–Crippen MR) is 237 cm³/mol. The van der Waals surface area contributed by atoms with Crippen molar-refractivity contribution in [1.29, 1.82) is 0 Å². The SMILES string of the molecule is c1ccc(-c2ccc3c(c2)oc2c(N(c4ccc(-c5ccc6c(ccc7ccccc76)c5)cc4)c4ccc(-c5ccccc5)c5ccccc45)cccc23)cc1. The van der Waals surface area contributed by atoms with Crippen molar-refractivity contribution in [3.63, 3.8) is 0 Å². The molecule has 0 unspecified atom stereocenters. The lowest BCUT2D eigenvalue weighted by atomic mass is 9.96. The molecule has 0 amide bonds. The molecule has 0 radical (unpaired) electrons. The van der Waals surface area contributed by atoms with Crippen LogP contribution in [0.1, 0.15) is 0 Å². The molecule has 2 heteroatoms. The van der Waals surface area contributed by atoms with E-state index in [1.807, 2.05) is 0 Å². The number of nitrogens with zero attached hydrogens (tertiary/aromatic N) is 1. The highest BCUT2D eigenvalue weighted by atomic mass is 16.3. The van der Waals surface area contributed by atoms with Crippen LogP contribution in [0.5, 0.6) is 0 Å². The fraction of sp³-hybridized carbons (Fsp3) is 0. The molecular weight excluding hydrogens is 679 g/mol. The zero-order valence-corrected chi connectivity index (χ0v) is 30.6. The highest BCUT2D eigenvalue weighted by Crippen LogP contribution is 2.46. The smallest absolute Gasteiger partial charge is 0.159 e. The van der Waals surface area contributed by atoms with E-state index in [0.29, 0.717) is 0 Å². The average molecular weight is 714 g/mol. The van der Waals surface area contributed by atoms with Crippen molar-refractivity contribution in [3.8, 4) is 33.4 Å². The first-order valence-corrected chi connectivity index (χ1v) is 19.2. The molecule has 0 saturated carbocycles. The van der Waals surface area contributed by atoms with E-state index in [2.05, 4.69) is 217 Å². The molecule has 0 aliphatic rings. The largest absolute Gasteiger partial charge is 0.454 e. The molecule has 11 aromatic rings. The first kappa shape index (κ1) is 32.0. The molecular formula is C54H35NO. The van der Waals surface area contributed by atoms with Crippen molar-refractivity contribution in [3.05, 3.63) is 212 Å². The number of fused-ring (bicyclic) bond motifs is 7. The van der Waals surface area contributed by atoms with Crippen molar-refractivity contribution in [1.82, 2.24) is 0 Å². The quantitative estimate of drug-likeness (QED) is 0.160. The Morgan fingerprint density at radius 3 is 1.70 bits per heavy atom. The van der Waals surface area contributed by atoms with Gasteiger partial charge in [-0.15, -0.1) is 0 Å². The van der Waals surface area contributed by atoms with E-state index in [9.17, 15) is 0 Å². The third kappa shape index (κ3) is 5.34. The Labute approximate surface area is 325 Å². The van der Waals surface area contributed by atoms with Gasteiger partial charge in [0.2, 0.25) is 0 Å². The molecule has 0 saturated heterocycles. The molecule has 0 aliphatic carbocycles. The van der Waals surface area contributed by atoms with Crippen LogP contribution in [0, 0.1) is 0 Å². The minimum absolute atomic E-state index is 0.856. The number of benzene rings is 10. The van der Waals surface area contributed by atoms with Crippen LogP contribution < -0.4 is 4.90 Å². The third-order valence-electron chi connectivity index (χ3n) is 11.3. The maximum Gasteiger partial charge on any atom is 0.159 e. The molecule has 262 valence electrons. The van der Waals surface area contributed by atoms with Gasteiger partial charge in [0.25, 0.3) is 0 Å². The summed E-state index contributed by atoms with van der Waals surface area (Å²) in [4.78, 5) is 2.37. The number of furan rings is 1. The molecule has 0 fully saturated rings. The molecule has 2 nitrogen and oxygen atoms in total. The number of hydrogen-bond donors (Lipinski definition) is 0. The third-order valence-corrected chi connectivity index (χ3v) is 11.3. The van der Waals surface area contributed by atoms with Gasteiger partial charge in [-0.05, 0) is 103 Å². The van der Waals surface area contributed by atoms with Gasteiger partial charge in [-0.2, -0.15) is 0 Å². The van der Waals surface area contributed by atoms with Gasteiger partial charge in [-0.25, -0.2) is 0 Å². The van der Waals surface area contributed by atoms with Crippen LogP contribution in [-0.2, 0) is 0 Å². The second-order valence-corrected chi connectivity index (χ2v) is 14.5. The minimum atomic E-state index is 0.856. The van der Waals surface area contributed by atoms with E-state index < -0.39 is 0 Å². The average Bonchev–Trinajstić information content (AvgIpc) is 3.66. The summed E-state index contributed by atoms with van der Waals surface area (Å²) in [6.45, 7) is 0. The summed E-state index contributed by atoms with van der Waals surface area (Å²) in [5.74, 6) is 0. The Hall–Kier alpha value is -7.42. The number of anilines is 3. The minimum Gasteiger partial charge on any atom is -0.454 e. The topological polar surface area (TPSA) is 16.4 Å². The van der Waals surface area contributed by atoms with Crippen LogP contribution in [0.4, 0.5) is 17.1 Å². The van der Waals surface area contributed by atoms with Crippen molar-refractivity contribution < 1.29 is 4.42 Å². The summed E-state index contributed by atoms with van der Waals surface area (Å²) >= 11 is 0. The highest BCUT2D eigenvalue weighted by molar-refractivity contribution is 6.13. The molecule has 11 rings (SSSR count). The summed E-state index contributed by atoms with van der Waals surface area (Å²) < 4.78 is 6.90. The van der Waals surface area contributed by atoms with E-state index in [-0.39, 0.29) is 0 Å². The Bertz CT molecular complexity index is 3230. The Morgan fingerprint density at radius 2 is 0.893 bits per heavy atom. The van der Waals surface area contributed by atoms with E-state index in [1.165, 1.54) is 60.1 Å². The van der Waals surface area contributed by atoms with Gasteiger partial charge in [0.1, 0.15) is 5.58 Å². The van der Waals surface area contributed by atoms with Crippen molar-refractivity contribution in [2.75, 3.05) is 4.90 Å². The first-order valence-electron chi connectivity index (χ1n) is 19.2. The first-order chi connectivity index (χ1) is 27.8. The lowest BCUT2D eigenvalue weighted by Gasteiger charge is -2.27. The van der Waals surface area contributed by atoms with Crippen molar-refractivity contribution in [2.24, 2.45) is 0 Å². The van der Waals surface area contributed by atoms with Gasteiger partial charge in [0, 0.05) is 21.8 Å². The molecule has 56 heavy (non-hydrogen) atoms. The monoisotopic (exact) mass is 713 g/mol. The fourth-order valence-electron chi connectivity index (χ4n) is 8.52. The molecule has 0 spiro atoms. The van der Waals surface area contributed by atoms with Crippen LogP contribution in [0.25, 0.3) is 87.6 Å². The van der Waals surface area contributed by atoms with Gasteiger partial charge in [-0.3, -0.25) is 0 Å². The zero-order valence-electron chi connectivity index (χ0n) is 30.6. The van der Waals surface area contributed by atoms with E-state index in [1.54, 1.807) is 0 Å². The van der Waals surface area contributed by atoms with Crippen LogP contribution in [0.3, 0.4) is 0 Å². The van der Waals surface area contributed by atoms with E-state index in [0.717, 1.165) is 44.6 Å². The summed E-state index contributed by atoms with van der Waals surface area (Å²) in [7, 11) is 0. The van der Waals surface area contributed by atoms with Crippen LogP contribution >= 0.6 is 0 Å². The molecule has 0 N–H and O–H groups in total. The number of para-hydroxylation sites is 1. The predicted octanol–water partition coefficient (Wildman–Crippen LogP) is 15.5. The van der Waals surface area contributed by atoms with Gasteiger partial charge < -0.3 is 9.32 Å². The second kappa shape index (κ2) is 13.2. The summed E-state index contributed by atoms with van der Waals surface area (Å²) in [6, 6.07) is 76.4. The Morgan fingerprint density at radius 1 is 0.304 bits per heavy atom. The zero-order chi connectivity index (χ0) is 37.0. The molecule has 0 bridgehead atoms. The molecule has 1 aromatic heterocycles. The van der Waals surface area contributed by atoms with Crippen LogP contribution in [0.15, 0.2) is 217 Å². The Kier molecular flexibility index (Phi) is 7.53. The Balaban J connectivity index is 1.09. The van der Waals surface area contributed by atoms with Gasteiger partial charge >= 0.3 is 0 Å². The lowest BCUT2D eigenvalue weighted by Crippen LogP contribution is -2.11. The molecule has 0 atom stereocenters. The summed E-state index contributed by atoms with van der Waals surface area (Å²) in [5.41, 5.74) is 11.9. The van der Waals surface area contributed by atoms with Crippen molar-refractivity contribution in [2.45, 2.75) is 0 Å². The van der Waals surface area contributed by atoms with Gasteiger partial charge in [-0.1, -0.05) is 170 Å². The fourth-order valence-corrected chi connectivity index (χ4v) is 8.52. The lowest BCUT2D eigenvalue weighted by molar-refractivity contribution is 0.669. The number of rotatable bonds is 6. The molecule has 10 aromatic carbocycles. The van der Waals surface area contributed by atoms with Crippen molar-refractivity contribution >= 4 is 71.3 Å².